The molecule has 1 aromatic heterocycles. The number of halogens is 2. The van der Waals surface area contributed by atoms with Crippen LogP contribution in [0.4, 0.5) is 10.2 Å². The topological polar surface area (TPSA) is 45.1 Å². The van der Waals surface area contributed by atoms with Crippen molar-refractivity contribution in [2.45, 2.75) is 24.8 Å². The molecule has 1 aromatic rings. The molecule has 0 radical (unpaired) electrons. The minimum atomic E-state index is -0.484. The zero-order valence-electron chi connectivity index (χ0n) is 8.13. The summed E-state index contributed by atoms with van der Waals surface area (Å²) in [6.45, 7) is -0.00323. The van der Waals surface area contributed by atoms with Crippen molar-refractivity contribution in [2.24, 2.45) is 0 Å². The van der Waals surface area contributed by atoms with Gasteiger partial charge in [-0.3, -0.25) is 0 Å². The highest BCUT2D eigenvalue weighted by Gasteiger charge is 2.37. The van der Waals surface area contributed by atoms with Crippen molar-refractivity contribution in [3.05, 3.63) is 23.1 Å². The Morgan fingerprint density at radius 3 is 2.80 bits per heavy atom. The van der Waals surface area contributed by atoms with Crippen LogP contribution in [-0.2, 0) is 0 Å². The van der Waals surface area contributed by atoms with Crippen LogP contribution in [0.3, 0.4) is 0 Å². The molecule has 0 amide bonds. The van der Waals surface area contributed by atoms with Gasteiger partial charge in [0.15, 0.2) is 11.6 Å². The SMILES string of the molecule is OCC1(Nc2ncc(Cl)cc2F)CCC1. The molecule has 15 heavy (non-hydrogen) atoms. The summed E-state index contributed by atoms with van der Waals surface area (Å²) in [7, 11) is 0. The molecule has 1 fully saturated rings. The van der Waals surface area contributed by atoms with Crippen LogP contribution >= 0.6 is 11.6 Å². The molecule has 1 heterocycles. The summed E-state index contributed by atoms with van der Waals surface area (Å²) < 4.78 is 13.4. The van der Waals surface area contributed by atoms with Crippen molar-refractivity contribution in [1.29, 1.82) is 0 Å². The van der Waals surface area contributed by atoms with Gasteiger partial charge in [0.1, 0.15) is 0 Å². The van der Waals surface area contributed by atoms with E-state index in [9.17, 15) is 9.50 Å². The maximum absolute atomic E-state index is 13.4. The van der Waals surface area contributed by atoms with E-state index in [4.69, 9.17) is 11.6 Å². The third kappa shape index (κ3) is 2.06. The molecule has 0 saturated heterocycles. The van der Waals surface area contributed by atoms with E-state index in [1.165, 1.54) is 12.3 Å². The van der Waals surface area contributed by atoms with Crippen molar-refractivity contribution in [2.75, 3.05) is 11.9 Å². The average Bonchev–Trinajstić information content (AvgIpc) is 2.14. The second-order valence-electron chi connectivity index (χ2n) is 3.90. The predicted molar refractivity (Wildman–Crippen MR) is 56.5 cm³/mol. The minimum absolute atomic E-state index is 0.00323. The Hall–Kier alpha value is -0.870. The van der Waals surface area contributed by atoms with Gasteiger partial charge in [0.2, 0.25) is 0 Å². The molecule has 1 aliphatic rings. The highest BCUT2D eigenvalue weighted by molar-refractivity contribution is 6.30. The zero-order valence-corrected chi connectivity index (χ0v) is 8.89. The van der Waals surface area contributed by atoms with Gasteiger partial charge in [-0.15, -0.1) is 0 Å². The Morgan fingerprint density at radius 1 is 1.60 bits per heavy atom. The van der Waals surface area contributed by atoms with Crippen LogP contribution in [0, 0.1) is 5.82 Å². The number of hydrogen-bond donors (Lipinski definition) is 2. The molecule has 82 valence electrons. The molecule has 2 rings (SSSR count). The predicted octanol–water partition coefficient (Wildman–Crippen LogP) is 2.20. The molecular formula is C10H12ClFN2O. The van der Waals surface area contributed by atoms with Gasteiger partial charge in [0.05, 0.1) is 17.2 Å². The molecular weight excluding hydrogens is 219 g/mol. The fourth-order valence-corrected chi connectivity index (χ4v) is 1.83. The lowest BCUT2D eigenvalue weighted by molar-refractivity contribution is 0.143. The van der Waals surface area contributed by atoms with E-state index in [2.05, 4.69) is 10.3 Å². The monoisotopic (exact) mass is 230 g/mol. The quantitative estimate of drug-likeness (QED) is 0.837. The van der Waals surface area contributed by atoms with E-state index in [0.717, 1.165) is 19.3 Å². The lowest BCUT2D eigenvalue weighted by Gasteiger charge is -2.41. The van der Waals surface area contributed by atoms with E-state index in [-0.39, 0.29) is 23.0 Å². The first-order valence-electron chi connectivity index (χ1n) is 4.85. The Labute approximate surface area is 92.3 Å². The van der Waals surface area contributed by atoms with Gasteiger partial charge >= 0.3 is 0 Å². The molecule has 2 N–H and O–H groups in total. The van der Waals surface area contributed by atoms with E-state index >= 15 is 0 Å². The lowest BCUT2D eigenvalue weighted by atomic mass is 9.77. The largest absolute Gasteiger partial charge is 0.394 e. The molecule has 0 spiro atoms. The maximum atomic E-state index is 13.4. The number of aliphatic hydroxyl groups is 1. The van der Waals surface area contributed by atoms with Crippen molar-refractivity contribution in [3.8, 4) is 0 Å². The van der Waals surface area contributed by atoms with E-state index in [1.807, 2.05) is 0 Å². The molecule has 0 atom stereocenters. The number of aromatic nitrogens is 1. The number of aliphatic hydroxyl groups excluding tert-OH is 1. The first-order chi connectivity index (χ1) is 7.15. The van der Waals surface area contributed by atoms with Gasteiger partial charge in [-0.2, -0.15) is 0 Å². The van der Waals surface area contributed by atoms with Crippen molar-refractivity contribution >= 4 is 17.4 Å². The molecule has 0 unspecified atom stereocenters. The fourth-order valence-electron chi connectivity index (χ4n) is 1.68. The van der Waals surface area contributed by atoms with Gasteiger partial charge in [-0.1, -0.05) is 11.6 Å². The molecule has 1 aliphatic carbocycles. The molecule has 0 aliphatic heterocycles. The highest BCUT2D eigenvalue weighted by atomic mass is 35.5. The Balaban J connectivity index is 2.16. The van der Waals surface area contributed by atoms with E-state index < -0.39 is 5.82 Å². The molecule has 1 saturated carbocycles. The zero-order chi connectivity index (χ0) is 10.9. The summed E-state index contributed by atoms with van der Waals surface area (Å²) in [4.78, 5) is 3.86. The molecule has 5 heteroatoms. The Bertz CT molecular complexity index is 363. The number of anilines is 1. The number of nitrogens with zero attached hydrogens (tertiary/aromatic N) is 1. The second kappa shape index (κ2) is 3.94. The fraction of sp³-hybridized carbons (Fsp3) is 0.500. The van der Waals surface area contributed by atoms with Crippen molar-refractivity contribution < 1.29 is 9.50 Å². The first-order valence-corrected chi connectivity index (χ1v) is 5.23. The Morgan fingerprint density at radius 2 is 2.33 bits per heavy atom. The number of rotatable bonds is 3. The van der Waals surface area contributed by atoms with Crippen LogP contribution in [-0.4, -0.2) is 22.2 Å². The average molecular weight is 231 g/mol. The Kier molecular flexibility index (Phi) is 2.80. The van der Waals surface area contributed by atoms with Gasteiger partial charge in [0, 0.05) is 6.20 Å². The van der Waals surface area contributed by atoms with Crippen LogP contribution in [0.15, 0.2) is 12.3 Å². The summed E-state index contributed by atoms with van der Waals surface area (Å²) in [5.74, 6) is -0.324. The number of pyridine rings is 1. The van der Waals surface area contributed by atoms with Crippen LogP contribution in [0.1, 0.15) is 19.3 Å². The van der Waals surface area contributed by atoms with Gasteiger partial charge in [-0.25, -0.2) is 9.37 Å². The number of hydrogen-bond acceptors (Lipinski definition) is 3. The van der Waals surface area contributed by atoms with Crippen LogP contribution in [0.2, 0.25) is 5.02 Å². The van der Waals surface area contributed by atoms with E-state index in [0.29, 0.717) is 0 Å². The molecule has 0 bridgehead atoms. The number of nitrogens with one attached hydrogen (secondary N) is 1. The summed E-state index contributed by atoms with van der Waals surface area (Å²) >= 11 is 5.59. The highest BCUT2D eigenvalue weighted by Crippen LogP contribution is 2.35. The van der Waals surface area contributed by atoms with E-state index in [1.54, 1.807) is 0 Å². The standard InChI is InChI=1S/C10H12ClFN2O/c11-7-4-8(12)9(13-5-7)14-10(6-15)2-1-3-10/h4-5,15H,1-3,6H2,(H,13,14). The maximum Gasteiger partial charge on any atom is 0.166 e. The lowest BCUT2D eigenvalue weighted by Crippen LogP contribution is -2.48. The summed E-state index contributed by atoms with van der Waals surface area (Å²) in [5, 5.41) is 12.4. The third-order valence-electron chi connectivity index (χ3n) is 2.80. The summed E-state index contributed by atoms with van der Waals surface area (Å²) in [6, 6.07) is 1.21. The van der Waals surface area contributed by atoms with Gasteiger partial charge < -0.3 is 10.4 Å². The second-order valence-corrected chi connectivity index (χ2v) is 4.34. The van der Waals surface area contributed by atoms with Crippen molar-refractivity contribution in [1.82, 2.24) is 4.98 Å². The van der Waals surface area contributed by atoms with Crippen LogP contribution < -0.4 is 5.32 Å². The van der Waals surface area contributed by atoms with Gasteiger partial charge in [0.25, 0.3) is 0 Å². The normalized spacial score (nSPS) is 18.3. The molecule has 0 aromatic carbocycles. The summed E-state index contributed by atoms with van der Waals surface area (Å²) in [6.07, 6.45) is 4.11. The summed E-state index contributed by atoms with van der Waals surface area (Å²) in [5.41, 5.74) is -0.387. The smallest absolute Gasteiger partial charge is 0.166 e. The van der Waals surface area contributed by atoms with Gasteiger partial charge in [-0.05, 0) is 25.3 Å². The third-order valence-corrected chi connectivity index (χ3v) is 3.01. The van der Waals surface area contributed by atoms with Crippen LogP contribution in [0.5, 0.6) is 0 Å². The van der Waals surface area contributed by atoms with Crippen molar-refractivity contribution in [3.63, 3.8) is 0 Å². The molecule has 3 nitrogen and oxygen atoms in total. The van der Waals surface area contributed by atoms with Crippen LogP contribution in [0.25, 0.3) is 0 Å². The minimum Gasteiger partial charge on any atom is -0.394 e. The first kappa shape index (κ1) is 10.6.